The highest BCUT2D eigenvalue weighted by molar-refractivity contribution is 9.10. The number of benzene rings is 1. The van der Waals surface area contributed by atoms with Gasteiger partial charge in [0.2, 0.25) is 0 Å². The van der Waals surface area contributed by atoms with E-state index in [9.17, 15) is 4.79 Å². The number of ether oxygens (including phenoxy) is 1. The van der Waals surface area contributed by atoms with Gasteiger partial charge in [0.1, 0.15) is 12.0 Å². The predicted octanol–water partition coefficient (Wildman–Crippen LogP) is 5.21. The summed E-state index contributed by atoms with van der Waals surface area (Å²) in [6.45, 7) is 2.40. The molecule has 0 saturated carbocycles. The quantitative estimate of drug-likeness (QED) is 0.475. The number of aromatic nitrogens is 2. The second-order valence-electron chi connectivity index (χ2n) is 6.86. The summed E-state index contributed by atoms with van der Waals surface area (Å²) in [7, 11) is 0. The summed E-state index contributed by atoms with van der Waals surface area (Å²) >= 11 is 5.03. The van der Waals surface area contributed by atoms with Gasteiger partial charge in [-0.3, -0.25) is 4.90 Å². The molecule has 6 nitrogen and oxygen atoms in total. The molecule has 1 aromatic carbocycles. The van der Waals surface area contributed by atoms with Crippen LogP contribution in [0.3, 0.4) is 0 Å². The number of thiazole rings is 1. The molecule has 3 aromatic rings. The lowest BCUT2D eigenvalue weighted by Gasteiger charge is -2.29. The minimum absolute atomic E-state index is 0.433. The van der Waals surface area contributed by atoms with E-state index in [2.05, 4.69) is 36.5 Å². The maximum Gasteiger partial charge on any atom is 0.188 e. The normalized spacial score (nSPS) is 15.2. The van der Waals surface area contributed by atoms with Crippen LogP contribution in [0.15, 0.2) is 52.4 Å². The van der Waals surface area contributed by atoms with Gasteiger partial charge in [0.05, 0.1) is 12.2 Å². The molecule has 0 amide bonds. The molecule has 3 heterocycles. The number of nitrogens with one attached hydrogen (secondary N) is 1. The fourth-order valence-electron chi connectivity index (χ4n) is 3.36. The Bertz CT molecular complexity index is 958. The first-order valence-corrected chi connectivity index (χ1v) is 11.2. The zero-order valence-electron chi connectivity index (χ0n) is 15.8. The molecule has 0 bridgehead atoms. The van der Waals surface area contributed by atoms with Crippen LogP contribution in [0.4, 0.5) is 10.9 Å². The van der Waals surface area contributed by atoms with Gasteiger partial charge in [-0.05, 0) is 54.0 Å². The minimum atomic E-state index is 0.433. The van der Waals surface area contributed by atoms with Crippen molar-refractivity contribution in [2.45, 2.75) is 18.8 Å². The van der Waals surface area contributed by atoms with Crippen LogP contribution >= 0.6 is 27.3 Å². The highest BCUT2D eigenvalue weighted by Crippen LogP contribution is 2.35. The first-order valence-electron chi connectivity index (χ1n) is 9.48. The van der Waals surface area contributed by atoms with Crippen LogP contribution in [0.2, 0.25) is 0 Å². The molecular formula is C21H21BrN4O2S. The van der Waals surface area contributed by atoms with Crippen LogP contribution in [-0.4, -0.2) is 40.8 Å². The second kappa shape index (κ2) is 9.47. The van der Waals surface area contributed by atoms with Crippen molar-refractivity contribution in [2.75, 3.05) is 25.0 Å². The number of anilines is 2. The molecule has 0 unspecified atom stereocenters. The summed E-state index contributed by atoms with van der Waals surface area (Å²) in [4.78, 5) is 22.1. The summed E-state index contributed by atoms with van der Waals surface area (Å²) in [5.41, 5.74) is 1.10. The highest BCUT2D eigenvalue weighted by atomic mass is 79.9. The summed E-state index contributed by atoms with van der Waals surface area (Å²) in [6, 6.07) is 11.5. The third-order valence-corrected chi connectivity index (χ3v) is 6.09. The van der Waals surface area contributed by atoms with Gasteiger partial charge in [-0.1, -0.05) is 18.2 Å². The number of hydrogen-bond acceptors (Lipinski definition) is 7. The number of halogens is 1. The maximum atomic E-state index is 10.7. The molecule has 1 N–H and O–H groups in total. The molecule has 0 aliphatic carbocycles. The minimum Gasteiger partial charge on any atom is -0.453 e. The molecule has 1 fully saturated rings. The Balaban J connectivity index is 1.46. The Hall–Kier alpha value is -2.29. The number of carbonyl (C=O) groups excluding carboxylic acids is 1. The average Bonchev–Trinajstić information content (AvgIpc) is 3.20. The number of hydrogen-bond donors (Lipinski definition) is 1. The van der Waals surface area contributed by atoms with Crippen molar-refractivity contribution in [1.82, 2.24) is 14.9 Å². The number of likely N-dealkylation sites (tertiary alicyclic amines) is 1. The van der Waals surface area contributed by atoms with Gasteiger partial charge in [-0.25, -0.2) is 9.97 Å². The molecule has 0 spiro atoms. The van der Waals surface area contributed by atoms with Crippen molar-refractivity contribution < 1.29 is 9.53 Å². The molecule has 150 valence electrons. The van der Waals surface area contributed by atoms with Crippen molar-refractivity contribution in [3.63, 3.8) is 0 Å². The van der Waals surface area contributed by atoms with Gasteiger partial charge >= 0.3 is 0 Å². The molecule has 4 rings (SSSR count). The fraction of sp³-hybridized carbons (Fsp3) is 0.286. The molecule has 1 saturated heterocycles. The van der Waals surface area contributed by atoms with Crippen LogP contribution in [0, 0.1) is 0 Å². The number of aldehydes is 1. The monoisotopic (exact) mass is 472 g/mol. The van der Waals surface area contributed by atoms with E-state index in [4.69, 9.17) is 9.72 Å². The van der Waals surface area contributed by atoms with Crippen LogP contribution in [-0.2, 0) is 4.79 Å². The number of nitrogens with zero attached hydrogens (tertiary/aromatic N) is 3. The SMILES string of the molecule is O=CCN1CCC(c2csc(Nc3ncc(Br)cc3Oc3ccccc3)n2)CC1. The standard InChI is InChI=1S/C21H21BrN4O2S/c22-16-12-19(28-17-4-2-1-3-5-17)20(23-13-16)25-21-24-18(14-29-21)15-6-8-26(9-7-15)10-11-27/h1-5,11-15H,6-10H2,(H,23,24,25). The Kier molecular flexibility index (Phi) is 6.53. The molecule has 1 aliphatic heterocycles. The number of pyridine rings is 1. The first-order chi connectivity index (χ1) is 14.2. The van der Waals surface area contributed by atoms with Gasteiger partial charge < -0.3 is 14.8 Å². The Morgan fingerprint density at radius 1 is 1.28 bits per heavy atom. The van der Waals surface area contributed by atoms with Gasteiger partial charge in [0.15, 0.2) is 16.7 Å². The van der Waals surface area contributed by atoms with Gasteiger partial charge in [-0.15, -0.1) is 11.3 Å². The Labute approximate surface area is 182 Å². The van der Waals surface area contributed by atoms with Crippen LogP contribution in [0.5, 0.6) is 11.5 Å². The molecule has 0 radical (unpaired) electrons. The van der Waals surface area contributed by atoms with E-state index in [1.54, 1.807) is 17.5 Å². The smallest absolute Gasteiger partial charge is 0.188 e. The van der Waals surface area contributed by atoms with Gasteiger partial charge in [-0.2, -0.15) is 0 Å². The predicted molar refractivity (Wildman–Crippen MR) is 118 cm³/mol. The van der Waals surface area contributed by atoms with Crippen molar-refractivity contribution >= 4 is 44.5 Å². The van der Waals surface area contributed by atoms with Crippen LogP contribution < -0.4 is 10.1 Å². The van der Waals surface area contributed by atoms with E-state index in [1.807, 2.05) is 36.4 Å². The molecule has 8 heteroatoms. The second-order valence-corrected chi connectivity index (χ2v) is 8.63. The zero-order chi connectivity index (χ0) is 20.1. The van der Waals surface area contributed by atoms with Crippen molar-refractivity contribution in [1.29, 1.82) is 0 Å². The van der Waals surface area contributed by atoms with E-state index in [-0.39, 0.29) is 0 Å². The Morgan fingerprint density at radius 2 is 2.07 bits per heavy atom. The van der Waals surface area contributed by atoms with Gasteiger partial charge in [0.25, 0.3) is 0 Å². The lowest BCUT2D eigenvalue weighted by atomic mass is 9.94. The van der Waals surface area contributed by atoms with Crippen molar-refractivity contribution in [3.8, 4) is 11.5 Å². The van der Waals surface area contributed by atoms with Crippen LogP contribution in [0.1, 0.15) is 24.5 Å². The number of piperidine rings is 1. The average molecular weight is 473 g/mol. The molecule has 1 aliphatic rings. The number of rotatable bonds is 7. The molecule has 2 aromatic heterocycles. The van der Waals surface area contributed by atoms with Crippen molar-refractivity contribution in [3.05, 3.63) is 58.1 Å². The topological polar surface area (TPSA) is 67.4 Å². The van der Waals surface area contributed by atoms with E-state index >= 15 is 0 Å². The summed E-state index contributed by atoms with van der Waals surface area (Å²) in [6.07, 6.45) is 4.76. The maximum absolute atomic E-state index is 10.7. The van der Waals surface area contributed by atoms with E-state index < -0.39 is 0 Å². The fourth-order valence-corrected chi connectivity index (χ4v) is 4.46. The van der Waals surface area contributed by atoms with Gasteiger partial charge in [0, 0.05) is 28.0 Å². The van der Waals surface area contributed by atoms with E-state index in [0.29, 0.717) is 24.0 Å². The van der Waals surface area contributed by atoms with E-state index in [1.165, 1.54) is 0 Å². The first kappa shape index (κ1) is 20.0. The summed E-state index contributed by atoms with van der Waals surface area (Å²) < 4.78 is 6.85. The Morgan fingerprint density at radius 3 is 2.83 bits per heavy atom. The largest absolute Gasteiger partial charge is 0.453 e. The zero-order valence-corrected chi connectivity index (χ0v) is 18.2. The third kappa shape index (κ3) is 5.20. The lowest BCUT2D eigenvalue weighted by Crippen LogP contribution is -2.34. The van der Waals surface area contributed by atoms with E-state index in [0.717, 1.165) is 53.3 Å². The van der Waals surface area contributed by atoms with Crippen molar-refractivity contribution in [2.24, 2.45) is 0 Å². The summed E-state index contributed by atoms with van der Waals surface area (Å²) in [5, 5.41) is 6.21. The third-order valence-electron chi connectivity index (χ3n) is 4.88. The van der Waals surface area contributed by atoms with Crippen LogP contribution in [0.25, 0.3) is 0 Å². The number of carbonyl (C=O) groups is 1. The highest BCUT2D eigenvalue weighted by Gasteiger charge is 2.22. The molecular weight excluding hydrogens is 452 g/mol. The number of para-hydroxylation sites is 1. The summed E-state index contributed by atoms with van der Waals surface area (Å²) in [5.74, 6) is 2.43. The molecule has 0 atom stereocenters. The molecule has 29 heavy (non-hydrogen) atoms. The lowest BCUT2D eigenvalue weighted by molar-refractivity contribution is -0.109.